The molecule has 0 heterocycles. The van der Waals surface area contributed by atoms with Gasteiger partial charge in [-0.05, 0) is 36.5 Å². The predicted octanol–water partition coefficient (Wildman–Crippen LogP) is 2.96. The fourth-order valence-electron chi connectivity index (χ4n) is 1.35. The van der Waals surface area contributed by atoms with Gasteiger partial charge in [-0.3, -0.25) is 0 Å². The Labute approximate surface area is 91.9 Å². The molecule has 0 aliphatic rings. The maximum absolute atomic E-state index is 8.61. The maximum atomic E-state index is 8.61. The normalized spacial score (nSPS) is 10.7. The topological polar surface area (TPSA) is 29.5 Å². The van der Waals surface area contributed by atoms with Gasteiger partial charge in [0, 0.05) is 6.61 Å². The van der Waals surface area contributed by atoms with Gasteiger partial charge in [0.1, 0.15) is 5.75 Å². The Bertz CT molecular complexity index is 264. The van der Waals surface area contributed by atoms with Crippen LogP contribution in [0.1, 0.15) is 38.2 Å². The van der Waals surface area contributed by atoms with E-state index in [9.17, 15) is 0 Å². The standard InChI is InChI=1S/C13H20O2/c1-11(2)12-5-7-13(8-6-12)15-10-4-3-9-14/h5-8,11,14H,3-4,9-10H2,1-2H3. The van der Waals surface area contributed by atoms with Gasteiger partial charge in [-0.2, -0.15) is 0 Å². The molecule has 0 fully saturated rings. The van der Waals surface area contributed by atoms with Gasteiger partial charge in [0.2, 0.25) is 0 Å². The van der Waals surface area contributed by atoms with Gasteiger partial charge in [0.15, 0.2) is 0 Å². The third kappa shape index (κ3) is 4.34. The maximum Gasteiger partial charge on any atom is 0.119 e. The summed E-state index contributed by atoms with van der Waals surface area (Å²) < 4.78 is 5.53. The lowest BCUT2D eigenvalue weighted by Crippen LogP contribution is -1.98. The van der Waals surface area contributed by atoms with Gasteiger partial charge in [-0.25, -0.2) is 0 Å². The third-order valence-electron chi connectivity index (χ3n) is 2.37. The zero-order valence-corrected chi connectivity index (χ0v) is 9.57. The smallest absolute Gasteiger partial charge is 0.119 e. The number of benzene rings is 1. The van der Waals surface area contributed by atoms with Crippen molar-refractivity contribution < 1.29 is 9.84 Å². The molecule has 0 aliphatic carbocycles. The lowest BCUT2D eigenvalue weighted by molar-refractivity contribution is 0.253. The highest BCUT2D eigenvalue weighted by Crippen LogP contribution is 2.18. The van der Waals surface area contributed by atoms with Crippen molar-refractivity contribution in [2.45, 2.75) is 32.6 Å². The molecular formula is C13H20O2. The van der Waals surface area contributed by atoms with Crippen LogP contribution in [0.3, 0.4) is 0 Å². The highest BCUT2D eigenvalue weighted by atomic mass is 16.5. The Kier molecular flexibility index (Phi) is 5.19. The minimum atomic E-state index is 0.246. The van der Waals surface area contributed by atoms with E-state index in [1.165, 1.54) is 5.56 Å². The quantitative estimate of drug-likeness (QED) is 0.728. The summed E-state index contributed by atoms with van der Waals surface area (Å²) in [5.41, 5.74) is 1.33. The van der Waals surface area contributed by atoms with Crippen LogP contribution in [0.2, 0.25) is 0 Å². The largest absolute Gasteiger partial charge is 0.494 e. The van der Waals surface area contributed by atoms with Crippen LogP contribution in [0, 0.1) is 0 Å². The number of unbranched alkanes of at least 4 members (excludes halogenated alkanes) is 1. The number of ether oxygens (including phenoxy) is 1. The molecule has 0 amide bonds. The summed E-state index contributed by atoms with van der Waals surface area (Å²) in [7, 11) is 0. The number of aliphatic hydroxyl groups excluding tert-OH is 1. The Morgan fingerprint density at radius 1 is 1.13 bits per heavy atom. The van der Waals surface area contributed by atoms with Crippen LogP contribution in [-0.2, 0) is 0 Å². The molecule has 1 aromatic carbocycles. The van der Waals surface area contributed by atoms with E-state index in [0.29, 0.717) is 12.5 Å². The molecule has 0 bridgehead atoms. The SMILES string of the molecule is CC(C)c1ccc(OCCCCO)cc1. The van der Waals surface area contributed by atoms with Crippen molar-refractivity contribution in [3.63, 3.8) is 0 Å². The Balaban J connectivity index is 2.36. The van der Waals surface area contributed by atoms with Crippen LogP contribution in [-0.4, -0.2) is 18.3 Å². The average Bonchev–Trinajstić information content (AvgIpc) is 2.25. The van der Waals surface area contributed by atoms with Gasteiger partial charge >= 0.3 is 0 Å². The second kappa shape index (κ2) is 6.46. The fourth-order valence-corrected chi connectivity index (χ4v) is 1.35. The first kappa shape index (κ1) is 12.1. The van der Waals surface area contributed by atoms with Crippen molar-refractivity contribution in [2.75, 3.05) is 13.2 Å². The first-order valence-electron chi connectivity index (χ1n) is 5.57. The molecule has 2 heteroatoms. The number of rotatable bonds is 6. The van der Waals surface area contributed by atoms with E-state index in [-0.39, 0.29) is 6.61 Å². The number of aliphatic hydroxyl groups is 1. The van der Waals surface area contributed by atoms with Crippen molar-refractivity contribution in [1.82, 2.24) is 0 Å². The Hall–Kier alpha value is -1.02. The van der Waals surface area contributed by atoms with Crippen LogP contribution in [0.25, 0.3) is 0 Å². The summed E-state index contributed by atoms with van der Waals surface area (Å²) in [6, 6.07) is 8.22. The van der Waals surface area contributed by atoms with Crippen LogP contribution >= 0.6 is 0 Å². The molecule has 0 unspecified atom stereocenters. The second-order valence-electron chi connectivity index (χ2n) is 4.00. The fraction of sp³-hybridized carbons (Fsp3) is 0.538. The summed E-state index contributed by atoms with van der Waals surface area (Å²) in [5.74, 6) is 1.48. The van der Waals surface area contributed by atoms with Crippen LogP contribution < -0.4 is 4.74 Å². The van der Waals surface area contributed by atoms with Crippen molar-refractivity contribution in [1.29, 1.82) is 0 Å². The number of hydrogen-bond donors (Lipinski definition) is 1. The van der Waals surface area contributed by atoms with E-state index in [2.05, 4.69) is 26.0 Å². The molecule has 0 atom stereocenters. The van der Waals surface area contributed by atoms with Crippen molar-refractivity contribution in [3.8, 4) is 5.75 Å². The van der Waals surface area contributed by atoms with E-state index in [4.69, 9.17) is 9.84 Å². The van der Waals surface area contributed by atoms with E-state index >= 15 is 0 Å². The zero-order chi connectivity index (χ0) is 11.1. The highest BCUT2D eigenvalue weighted by Gasteiger charge is 1.99. The second-order valence-corrected chi connectivity index (χ2v) is 4.00. The minimum absolute atomic E-state index is 0.246. The van der Waals surface area contributed by atoms with Crippen molar-refractivity contribution in [3.05, 3.63) is 29.8 Å². The first-order chi connectivity index (χ1) is 7.24. The summed E-state index contributed by atoms with van der Waals surface area (Å²) in [6.45, 7) is 5.28. The van der Waals surface area contributed by atoms with Crippen LogP contribution in [0.5, 0.6) is 5.75 Å². The molecule has 1 rings (SSSR count). The molecule has 84 valence electrons. The van der Waals surface area contributed by atoms with Gasteiger partial charge in [0.05, 0.1) is 6.61 Å². The van der Waals surface area contributed by atoms with Gasteiger partial charge in [0.25, 0.3) is 0 Å². The molecule has 0 aromatic heterocycles. The molecule has 0 saturated heterocycles. The van der Waals surface area contributed by atoms with E-state index in [1.807, 2.05) is 12.1 Å². The zero-order valence-electron chi connectivity index (χ0n) is 9.57. The van der Waals surface area contributed by atoms with Crippen molar-refractivity contribution in [2.24, 2.45) is 0 Å². The third-order valence-corrected chi connectivity index (χ3v) is 2.37. The monoisotopic (exact) mass is 208 g/mol. The van der Waals surface area contributed by atoms with Gasteiger partial charge < -0.3 is 9.84 Å². The lowest BCUT2D eigenvalue weighted by atomic mass is 10.0. The van der Waals surface area contributed by atoms with Crippen LogP contribution in [0.4, 0.5) is 0 Å². The summed E-state index contributed by atoms with van der Waals surface area (Å²) >= 11 is 0. The average molecular weight is 208 g/mol. The van der Waals surface area contributed by atoms with Gasteiger partial charge in [-0.1, -0.05) is 26.0 Å². The Morgan fingerprint density at radius 3 is 2.33 bits per heavy atom. The molecule has 1 aromatic rings. The molecule has 0 spiro atoms. The number of hydrogen-bond acceptors (Lipinski definition) is 2. The first-order valence-corrected chi connectivity index (χ1v) is 5.57. The van der Waals surface area contributed by atoms with Gasteiger partial charge in [-0.15, -0.1) is 0 Å². The van der Waals surface area contributed by atoms with E-state index in [0.717, 1.165) is 18.6 Å². The highest BCUT2D eigenvalue weighted by molar-refractivity contribution is 5.28. The summed E-state index contributed by atoms with van der Waals surface area (Å²) in [4.78, 5) is 0. The molecule has 15 heavy (non-hydrogen) atoms. The Morgan fingerprint density at radius 2 is 1.80 bits per heavy atom. The van der Waals surface area contributed by atoms with E-state index < -0.39 is 0 Å². The summed E-state index contributed by atoms with van der Waals surface area (Å²) in [6.07, 6.45) is 1.71. The molecule has 0 saturated carbocycles. The predicted molar refractivity (Wildman–Crippen MR) is 62.3 cm³/mol. The van der Waals surface area contributed by atoms with Crippen molar-refractivity contribution >= 4 is 0 Å². The van der Waals surface area contributed by atoms with E-state index in [1.54, 1.807) is 0 Å². The minimum Gasteiger partial charge on any atom is -0.494 e. The lowest BCUT2D eigenvalue weighted by Gasteiger charge is -2.08. The molecule has 0 radical (unpaired) electrons. The molecular weight excluding hydrogens is 188 g/mol. The summed E-state index contributed by atoms with van der Waals surface area (Å²) in [5, 5.41) is 8.61. The van der Waals surface area contributed by atoms with Crippen LogP contribution in [0.15, 0.2) is 24.3 Å². The molecule has 1 N–H and O–H groups in total. The molecule has 0 aliphatic heterocycles. The molecule has 2 nitrogen and oxygen atoms in total.